The van der Waals surface area contributed by atoms with Crippen LogP contribution in [-0.4, -0.2) is 25.3 Å². The second-order valence-electron chi connectivity index (χ2n) is 3.11. The lowest BCUT2D eigenvalue weighted by Crippen LogP contribution is -1.96. The summed E-state index contributed by atoms with van der Waals surface area (Å²) in [6.07, 6.45) is 3.68. The van der Waals surface area contributed by atoms with Crippen LogP contribution in [0.4, 0.5) is 0 Å². The van der Waals surface area contributed by atoms with Crippen LogP contribution >= 0.6 is 0 Å². The predicted molar refractivity (Wildman–Crippen MR) is 60.3 cm³/mol. The lowest BCUT2D eigenvalue weighted by molar-refractivity contribution is -0.139. The Morgan fingerprint density at radius 1 is 1.44 bits per heavy atom. The third-order valence-electron chi connectivity index (χ3n) is 2.03. The van der Waals surface area contributed by atoms with E-state index in [2.05, 4.69) is 4.74 Å². The van der Waals surface area contributed by atoms with Gasteiger partial charge in [0.05, 0.1) is 20.6 Å². The minimum Gasteiger partial charge on any atom is -0.504 e. The van der Waals surface area contributed by atoms with Gasteiger partial charge in [-0.25, -0.2) is 0 Å². The molecule has 0 saturated heterocycles. The molecule has 0 radical (unpaired) electrons. The van der Waals surface area contributed by atoms with Gasteiger partial charge in [-0.2, -0.15) is 0 Å². The number of ether oxygens (including phenoxy) is 2. The van der Waals surface area contributed by atoms with E-state index in [1.807, 2.05) is 0 Å². The molecule has 1 aromatic carbocycles. The second kappa shape index (κ2) is 5.80. The third-order valence-corrected chi connectivity index (χ3v) is 2.03. The Balaban J connectivity index is 2.70. The van der Waals surface area contributed by atoms with Crippen molar-refractivity contribution in [2.45, 2.75) is 6.42 Å². The number of carbonyl (C=O) groups excluding carboxylic acids is 1. The Morgan fingerprint density at radius 3 is 2.81 bits per heavy atom. The van der Waals surface area contributed by atoms with Crippen LogP contribution in [0.25, 0.3) is 6.08 Å². The van der Waals surface area contributed by atoms with E-state index in [4.69, 9.17) is 4.74 Å². The molecule has 0 amide bonds. The van der Waals surface area contributed by atoms with Gasteiger partial charge >= 0.3 is 5.97 Å². The van der Waals surface area contributed by atoms with Crippen molar-refractivity contribution in [3.63, 3.8) is 0 Å². The molecular formula is C12H14O4. The summed E-state index contributed by atoms with van der Waals surface area (Å²) in [5.41, 5.74) is 0.846. The molecule has 4 nitrogen and oxygen atoms in total. The van der Waals surface area contributed by atoms with Crippen molar-refractivity contribution in [3.8, 4) is 11.5 Å². The molecule has 0 atom stereocenters. The Morgan fingerprint density at radius 2 is 2.19 bits per heavy atom. The van der Waals surface area contributed by atoms with Gasteiger partial charge in [-0.1, -0.05) is 18.2 Å². The van der Waals surface area contributed by atoms with Gasteiger partial charge in [0, 0.05) is 0 Å². The summed E-state index contributed by atoms with van der Waals surface area (Å²) in [6, 6.07) is 4.95. The quantitative estimate of drug-likeness (QED) is 0.791. The van der Waals surface area contributed by atoms with Crippen molar-refractivity contribution in [2.24, 2.45) is 0 Å². The summed E-state index contributed by atoms with van der Waals surface area (Å²) in [6.45, 7) is 0. The highest BCUT2D eigenvalue weighted by Crippen LogP contribution is 2.26. The van der Waals surface area contributed by atoms with Gasteiger partial charge < -0.3 is 14.6 Å². The number of esters is 1. The number of phenolic OH excluding ortho intramolecular Hbond substituents is 1. The number of hydrogen-bond acceptors (Lipinski definition) is 4. The lowest BCUT2D eigenvalue weighted by atomic mass is 10.2. The molecule has 0 saturated carbocycles. The molecule has 0 unspecified atom stereocenters. The van der Waals surface area contributed by atoms with Gasteiger partial charge in [-0.3, -0.25) is 4.79 Å². The Hall–Kier alpha value is -1.97. The minimum atomic E-state index is -0.290. The molecule has 0 aromatic heterocycles. The molecule has 0 aliphatic heterocycles. The smallest absolute Gasteiger partial charge is 0.309 e. The van der Waals surface area contributed by atoms with Crippen LogP contribution in [-0.2, 0) is 9.53 Å². The van der Waals surface area contributed by atoms with Crippen molar-refractivity contribution < 1.29 is 19.4 Å². The highest BCUT2D eigenvalue weighted by Gasteiger charge is 2.00. The molecule has 4 heteroatoms. The van der Waals surface area contributed by atoms with Crippen molar-refractivity contribution in [3.05, 3.63) is 29.8 Å². The van der Waals surface area contributed by atoms with Crippen molar-refractivity contribution in [1.29, 1.82) is 0 Å². The number of hydrogen-bond donors (Lipinski definition) is 1. The second-order valence-corrected chi connectivity index (χ2v) is 3.11. The SMILES string of the molecule is COC(=O)C/C=C/c1ccc(O)c(OC)c1. The summed E-state index contributed by atoms with van der Waals surface area (Å²) < 4.78 is 9.46. The largest absolute Gasteiger partial charge is 0.504 e. The standard InChI is InChI=1S/C12H14O4/c1-15-11-8-9(6-7-10(11)13)4-3-5-12(14)16-2/h3-4,6-8,13H,5H2,1-2H3/b4-3+. The van der Waals surface area contributed by atoms with E-state index in [1.54, 1.807) is 24.3 Å². The molecule has 16 heavy (non-hydrogen) atoms. The van der Waals surface area contributed by atoms with Crippen LogP contribution < -0.4 is 4.74 Å². The molecule has 1 aromatic rings. The van der Waals surface area contributed by atoms with E-state index in [9.17, 15) is 9.90 Å². The van der Waals surface area contributed by atoms with Crippen LogP contribution in [0.3, 0.4) is 0 Å². The Bertz CT molecular complexity index is 396. The maximum absolute atomic E-state index is 10.8. The minimum absolute atomic E-state index is 0.0904. The summed E-state index contributed by atoms with van der Waals surface area (Å²) in [5.74, 6) is 0.204. The number of benzene rings is 1. The number of methoxy groups -OCH3 is 2. The fourth-order valence-corrected chi connectivity index (χ4v) is 1.17. The molecular weight excluding hydrogens is 208 g/mol. The molecule has 0 spiro atoms. The maximum Gasteiger partial charge on any atom is 0.309 e. The van der Waals surface area contributed by atoms with Gasteiger partial charge in [-0.05, 0) is 17.7 Å². The monoisotopic (exact) mass is 222 g/mol. The first kappa shape index (κ1) is 12.1. The van der Waals surface area contributed by atoms with Gasteiger partial charge in [0.15, 0.2) is 11.5 Å². The number of carbonyl (C=O) groups is 1. The van der Waals surface area contributed by atoms with Crippen molar-refractivity contribution in [1.82, 2.24) is 0 Å². The third kappa shape index (κ3) is 3.31. The van der Waals surface area contributed by atoms with Crippen molar-refractivity contribution in [2.75, 3.05) is 14.2 Å². The molecule has 1 rings (SSSR count). The van der Waals surface area contributed by atoms with E-state index < -0.39 is 0 Å². The first-order chi connectivity index (χ1) is 7.67. The Kier molecular flexibility index (Phi) is 4.39. The van der Waals surface area contributed by atoms with Gasteiger partial charge in [0.2, 0.25) is 0 Å². The van der Waals surface area contributed by atoms with Gasteiger partial charge in [0.25, 0.3) is 0 Å². The highest BCUT2D eigenvalue weighted by atomic mass is 16.5. The van der Waals surface area contributed by atoms with E-state index in [0.717, 1.165) is 5.56 Å². The summed E-state index contributed by atoms with van der Waals surface area (Å²) in [4.78, 5) is 10.8. The predicted octanol–water partition coefficient (Wildman–Crippen LogP) is 1.98. The number of aromatic hydroxyl groups is 1. The van der Waals surface area contributed by atoms with Crippen LogP contribution in [0.2, 0.25) is 0 Å². The summed E-state index contributed by atoms with van der Waals surface area (Å²) in [5, 5.41) is 9.36. The molecule has 0 heterocycles. The fourth-order valence-electron chi connectivity index (χ4n) is 1.17. The zero-order chi connectivity index (χ0) is 12.0. The number of phenols is 1. The van der Waals surface area contributed by atoms with E-state index >= 15 is 0 Å². The van der Waals surface area contributed by atoms with Gasteiger partial charge in [0.1, 0.15) is 0 Å². The molecule has 0 aliphatic rings. The zero-order valence-electron chi connectivity index (χ0n) is 9.27. The zero-order valence-corrected chi connectivity index (χ0v) is 9.27. The van der Waals surface area contributed by atoms with Gasteiger partial charge in [-0.15, -0.1) is 0 Å². The average molecular weight is 222 g/mol. The first-order valence-corrected chi connectivity index (χ1v) is 4.77. The van der Waals surface area contributed by atoms with Crippen molar-refractivity contribution >= 4 is 12.0 Å². The molecule has 0 fully saturated rings. The van der Waals surface area contributed by atoms with Crippen LogP contribution in [0.15, 0.2) is 24.3 Å². The number of rotatable bonds is 4. The Labute approximate surface area is 94.1 Å². The first-order valence-electron chi connectivity index (χ1n) is 4.77. The lowest BCUT2D eigenvalue weighted by Gasteiger charge is -2.03. The summed E-state index contributed by atoms with van der Waals surface area (Å²) >= 11 is 0. The summed E-state index contributed by atoms with van der Waals surface area (Å²) in [7, 11) is 2.83. The van der Waals surface area contributed by atoms with Crippen LogP contribution in [0.5, 0.6) is 11.5 Å². The van der Waals surface area contributed by atoms with Crippen LogP contribution in [0.1, 0.15) is 12.0 Å². The topological polar surface area (TPSA) is 55.8 Å². The average Bonchev–Trinajstić information content (AvgIpc) is 2.31. The molecule has 86 valence electrons. The van der Waals surface area contributed by atoms with E-state index in [0.29, 0.717) is 5.75 Å². The maximum atomic E-state index is 10.8. The van der Waals surface area contributed by atoms with E-state index in [-0.39, 0.29) is 18.1 Å². The molecule has 0 bridgehead atoms. The highest BCUT2D eigenvalue weighted by molar-refractivity contribution is 5.72. The van der Waals surface area contributed by atoms with E-state index in [1.165, 1.54) is 20.3 Å². The molecule has 1 N–H and O–H groups in total. The fraction of sp³-hybridized carbons (Fsp3) is 0.250. The van der Waals surface area contributed by atoms with Crippen LogP contribution in [0, 0.1) is 0 Å². The molecule has 0 aliphatic carbocycles. The normalized spacial score (nSPS) is 10.4.